The van der Waals surface area contributed by atoms with Crippen molar-refractivity contribution in [2.24, 2.45) is 10.7 Å². The van der Waals surface area contributed by atoms with E-state index in [1.165, 1.54) is 0 Å². The van der Waals surface area contributed by atoms with Crippen molar-refractivity contribution in [3.05, 3.63) is 17.7 Å². The van der Waals surface area contributed by atoms with Crippen LogP contribution < -0.4 is 11.1 Å². The second kappa shape index (κ2) is 4.49. The second-order valence-corrected chi connectivity index (χ2v) is 2.71. The SMILES string of the molecule is CCNC(N)=NCc1nc[nH]c1C. The van der Waals surface area contributed by atoms with Crippen LogP contribution in [-0.2, 0) is 6.54 Å². The lowest BCUT2D eigenvalue weighted by Gasteiger charge is -2.00. The van der Waals surface area contributed by atoms with E-state index in [0.717, 1.165) is 17.9 Å². The van der Waals surface area contributed by atoms with E-state index in [-0.39, 0.29) is 0 Å². The number of H-pyrrole nitrogens is 1. The van der Waals surface area contributed by atoms with Gasteiger partial charge in [-0.1, -0.05) is 0 Å². The first kappa shape index (κ1) is 9.57. The Kier molecular flexibility index (Phi) is 3.31. The number of nitrogens with zero attached hydrogens (tertiary/aromatic N) is 2. The van der Waals surface area contributed by atoms with Gasteiger partial charge in [0.05, 0.1) is 18.6 Å². The summed E-state index contributed by atoms with van der Waals surface area (Å²) < 4.78 is 0. The van der Waals surface area contributed by atoms with E-state index in [0.29, 0.717) is 12.5 Å². The Labute approximate surface area is 77.5 Å². The monoisotopic (exact) mass is 181 g/mol. The summed E-state index contributed by atoms with van der Waals surface area (Å²) in [5.74, 6) is 0.463. The number of imidazole rings is 1. The van der Waals surface area contributed by atoms with Gasteiger partial charge in [-0.3, -0.25) is 0 Å². The molecule has 1 aromatic heterocycles. The third-order valence-electron chi connectivity index (χ3n) is 1.69. The standard InChI is InChI=1S/C8H15N5/c1-3-10-8(9)11-4-7-6(2)12-5-13-7/h5H,3-4H2,1-2H3,(H,12,13)(H3,9,10,11). The first-order chi connectivity index (χ1) is 6.24. The molecule has 1 aromatic rings. The number of aromatic amines is 1. The molecule has 0 atom stereocenters. The number of hydrogen-bond donors (Lipinski definition) is 3. The lowest BCUT2D eigenvalue weighted by molar-refractivity contribution is 0.911. The minimum atomic E-state index is 0.463. The van der Waals surface area contributed by atoms with E-state index in [1.807, 2.05) is 13.8 Å². The highest BCUT2D eigenvalue weighted by atomic mass is 15.1. The van der Waals surface area contributed by atoms with E-state index in [9.17, 15) is 0 Å². The predicted octanol–water partition coefficient (Wildman–Crippen LogP) is 0.142. The van der Waals surface area contributed by atoms with E-state index in [4.69, 9.17) is 5.73 Å². The average molecular weight is 181 g/mol. The molecule has 13 heavy (non-hydrogen) atoms. The molecular weight excluding hydrogens is 166 g/mol. The average Bonchev–Trinajstić information content (AvgIpc) is 2.48. The third-order valence-corrected chi connectivity index (χ3v) is 1.69. The number of guanidine groups is 1. The van der Waals surface area contributed by atoms with Crippen molar-refractivity contribution in [1.29, 1.82) is 0 Å². The molecule has 4 N–H and O–H groups in total. The maximum absolute atomic E-state index is 5.55. The van der Waals surface area contributed by atoms with Crippen LogP contribution in [-0.4, -0.2) is 22.5 Å². The summed E-state index contributed by atoms with van der Waals surface area (Å²) in [5, 5.41) is 2.92. The minimum Gasteiger partial charge on any atom is -0.370 e. The van der Waals surface area contributed by atoms with Crippen LogP contribution in [0.3, 0.4) is 0 Å². The van der Waals surface area contributed by atoms with Gasteiger partial charge in [-0.25, -0.2) is 9.98 Å². The number of aryl methyl sites for hydroxylation is 1. The molecule has 72 valence electrons. The molecule has 0 aliphatic carbocycles. The third kappa shape index (κ3) is 2.77. The van der Waals surface area contributed by atoms with Crippen molar-refractivity contribution in [2.75, 3.05) is 6.54 Å². The highest BCUT2D eigenvalue weighted by molar-refractivity contribution is 5.77. The highest BCUT2D eigenvalue weighted by Gasteiger charge is 1.98. The molecule has 0 bridgehead atoms. The number of aliphatic imine (C=N–C) groups is 1. The number of hydrogen-bond acceptors (Lipinski definition) is 2. The highest BCUT2D eigenvalue weighted by Crippen LogP contribution is 2.01. The molecule has 0 amide bonds. The van der Waals surface area contributed by atoms with Crippen molar-refractivity contribution >= 4 is 5.96 Å². The van der Waals surface area contributed by atoms with E-state index < -0.39 is 0 Å². The summed E-state index contributed by atoms with van der Waals surface area (Å²) in [4.78, 5) is 11.2. The van der Waals surface area contributed by atoms with Gasteiger partial charge in [0.15, 0.2) is 5.96 Å². The summed E-state index contributed by atoms with van der Waals surface area (Å²) in [5.41, 5.74) is 7.52. The van der Waals surface area contributed by atoms with Crippen LogP contribution in [0, 0.1) is 6.92 Å². The molecule has 0 unspecified atom stereocenters. The van der Waals surface area contributed by atoms with E-state index in [1.54, 1.807) is 6.33 Å². The Bertz CT molecular complexity index is 288. The van der Waals surface area contributed by atoms with Crippen molar-refractivity contribution in [1.82, 2.24) is 15.3 Å². The molecule has 0 aromatic carbocycles. The van der Waals surface area contributed by atoms with Crippen LogP contribution in [0.2, 0.25) is 0 Å². The van der Waals surface area contributed by atoms with Crippen molar-refractivity contribution < 1.29 is 0 Å². The van der Waals surface area contributed by atoms with E-state index >= 15 is 0 Å². The number of nitrogens with one attached hydrogen (secondary N) is 2. The van der Waals surface area contributed by atoms with Crippen LogP contribution in [0.15, 0.2) is 11.3 Å². The zero-order valence-corrected chi connectivity index (χ0v) is 7.96. The van der Waals surface area contributed by atoms with Gasteiger partial charge in [-0.15, -0.1) is 0 Å². The number of rotatable bonds is 3. The predicted molar refractivity (Wildman–Crippen MR) is 52.3 cm³/mol. The van der Waals surface area contributed by atoms with Gasteiger partial charge in [0.2, 0.25) is 0 Å². The molecule has 5 heteroatoms. The number of nitrogens with two attached hydrogens (primary N) is 1. The van der Waals surface area contributed by atoms with Gasteiger partial charge < -0.3 is 16.0 Å². The van der Waals surface area contributed by atoms with Gasteiger partial charge in [-0.05, 0) is 13.8 Å². The van der Waals surface area contributed by atoms with Gasteiger partial charge >= 0.3 is 0 Å². The zero-order valence-electron chi connectivity index (χ0n) is 7.96. The molecule has 1 rings (SSSR count). The summed E-state index contributed by atoms with van der Waals surface area (Å²) in [7, 11) is 0. The van der Waals surface area contributed by atoms with Crippen LogP contribution in [0.25, 0.3) is 0 Å². The van der Waals surface area contributed by atoms with Crippen LogP contribution in [0.5, 0.6) is 0 Å². The molecular formula is C8H15N5. The first-order valence-corrected chi connectivity index (χ1v) is 4.26. The fourth-order valence-electron chi connectivity index (χ4n) is 0.944. The van der Waals surface area contributed by atoms with Crippen molar-refractivity contribution in [2.45, 2.75) is 20.4 Å². The fraction of sp³-hybridized carbons (Fsp3) is 0.500. The van der Waals surface area contributed by atoms with Gasteiger partial charge in [0, 0.05) is 12.2 Å². The topological polar surface area (TPSA) is 79.1 Å². The Balaban J connectivity index is 2.51. The lowest BCUT2D eigenvalue weighted by Crippen LogP contribution is -2.31. The lowest BCUT2D eigenvalue weighted by atomic mass is 10.3. The van der Waals surface area contributed by atoms with Gasteiger partial charge in [-0.2, -0.15) is 0 Å². The quantitative estimate of drug-likeness (QED) is 0.458. The fourth-order valence-corrected chi connectivity index (χ4v) is 0.944. The molecule has 0 saturated heterocycles. The Morgan fingerprint density at radius 3 is 3.08 bits per heavy atom. The smallest absolute Gasteiger partial charge is 0.188 e. The molecule has 0 spiro atoms. The Hall–Kier alpha value is -1.52. The van der Waals surface area contributed by atoms with Crippen molar-refractivity contribution in [3.63, 3.8) is 0 Å². The molecule has 0 fully saturated rings. The first-order valence-electron chi connectivity index (χ1n) is 4.26. The van der Waals surface area contributed by atoms with Gasteiger partial charge in [0.25, 0.3) is 0 Å². The molecule has 0 aliphatic rings. The van der Waals surface area contributed by atoms with Crippen LogP contribution in [0.1, 0.15) is 18.3 Å². The Morgan fingerprint density at radius 1 is 1.77 bits per heavy atom. The zero-order chi connectivity index (χ0) is 9.68. The summed E-state index contributed by atoms with van der Waals surface area (Å²) in [6.45, 7) is 5.24. The second-order valence-electron chi connectivity index (χ2n) is 2.71. The van der Waals surface area contributed by atoms with Gasteiger partial charge in [0.1, 0.15) is 0 Å². The Morgan fingerprint density at radius 2 is 2.54 bits per heavy atom. The molecule has 5 nitrogen and oxygen atoms in total. The van der Waals surface area contributed by atoms with Crippen molar-refractivity contribution in [3.8, 4) is 0 Å². The van der Waals surface area contributed by atoms with Crippen LogP contribution in [0.4, 0.5) is 0 Å². The normalized spacial score (nSPS) is 11.7. The number of aromatic nitrogens is 2. The maximum Gasteiger partial charge on any atom is 0.188 e. The minimum absolute atomic E-state index is 0.463. The maximum atomic E-state index is 5.55. The molecule has 0 radical (unpaired) electrons. The summed E-state index contributed by atoms with van der Waals surface area (Å²) >= 11 is 0. The molecule has 0 aliphatic heterocycles. The molecule has 1 heterocycles. The van der Waals surface area contributed by atoms with Crippen LogP contribution >= 0.6 is 0 Å². The summed E-state index contributed by atoms with van der Waals surface area (Å²) in [6, 6.07) is 0. The van der Waals surface area contributed by atoms with E-state index in [2.05, 4.69) is 20.3 Å². The largest absolute Gasteiger partial charge is 0.370 e. The summed E-state index contributed by atoms with van der Waals surface area (Å²) in [6.07, 6.45) is 1.66. The molecule has 0 saturated carbocycles.